The number of benzene rings is 1. The molecule has 2 rings (SSSR count). The molecule has 0 atom stereocenters. The summed E-state index contributed by atoms with van der Waals surface area (Å²) in [5.74, 6) is -0.271. The third-order valence-electron chi connectivity index (χ3n) is 3.02. The second kappa shape index (κ2) is 4.62. The van der Waals surface area contributed by atoms with Crippen LogP contribution in [0.15, 0.2) is 29.2 Å². The molecule has 0 bridgehead atoms. The van der Waals surface area contributed by atoms with Crippen molar-refractivity contribution in [3.8, 4) is 0 Å². The zero-order valence-electron chi connectivity index (χ0n) is 9.63. The third-order valence-corrected chi connectivity index (χ3v) is 3.95. The first-order chi connectivity index (χ1) is 8.36. The highest BCUT2D eigenvalue weighted by Crippen LogP contribution is 2.29. The van der Waals surface area contributed by atoms with Crippen LogP contribution in [0.5, 0.6) is 0 Å². The Labute approximate surface area is 105 Å². The van der Waals surface area contributed by atoms with Gasteiger partial charge in [0.1, 0.15) is 11.6 Å². The van der Waals surface area contributed by atoms with Crippen molar-refractivity contribution in [1.29, 1.82) is 0 Å². The first kappa shape index (κ1) is 12.9. The number of rotatable bonds is 2. The molecule has 0 amide bonds. The molecule has 0 saturated heterocycles. The summed E-state index contributed by atoms with van der Waals surface area (Å²) >= 11 is 0. The van der Waals surface area contributed by atoms with Crippen molar-refractivity contribution >= 4 is 21.6 Å². The molecule has 18 heavy (non-hydrogen) atoms. The van der Waals surface area contributed by atoms with Crippen molar-refractivity contribution in [1.82, 2.24) is 0 Å². The molecule has 96 valence electrons. The van der Waals surface area contributed by atoms with Crippen LogP contribution in [-0.4, -0.2) is 20.0 Å². The van der Waals surface area contributed by atoms with E-state index in [0.29, 0.717) is 12.8 Å². The predicted octanol–water partition coefficient (Wildman–Crippen LogP) is 0.740. The number of hydrogen-bond acceptors (Lipinski definition) is 4. The summed E-state index contributed by atoms with van der Waals surface area (Å²) in [6.45, 7) is 0. The fraction of sp³-hybridized carbons (Fsp3) is 0.333. The average Bonchev–Trinajstić information content (AvgIpc) is 2.27. The molecule has 5 nitrogen and oxygen atoms in total. The van der Waals surface area contributed by atoms with E-state index >= 15 is 0 Å². The van der Waals surface area contributed by atoms with Gasteiger partial charge in [0.25, 0.3) is 0 Å². The highest BCUT2D eigenvalue weighted by Gasteiger charge is 2.26. The Bertz CT molecular complexity index is 573. The maximum Gasteiger partial charge on any atom is 0.238 e. The second-order valence-electron chi connectivity index (χ2n) is 4.47. The molecule has 0 spiro atoms. The molecule has 2 N–H and O–H groups in total. The Morgan fingerprint density at radius 1 is 1.00 bits per heavy atom. The Balaban J connectivity index is 2.24. The Morgan fingerprint density at radius 2 is 1.50 bits per heavy atom. The van der Waals surface area contributed by atoms with E-state index < -0.39 is 10.0 Å². The van der Waals surface area contributed by atoms with E-state index in [-0.39, 0.29) is 28.8 Å². The number of ketones is 2. The van der Waals surface area contributed by atoms with Crippen LogP contribution >= 0.6 is 0 Å². The molecule has 1 aliphatic carbocycles. The summed E-state index contributed by atoms with van der Waals surface area (Å²) in [7, 11) is -3.71. The van der Waals surface area contributed by atoms with Gasteiger partial charge in [0.05, 0.1) is 11.3 Å². The minimum atomic E-state index is -3.71. The summed E-state index contributed by atoms with van der Waals surface area (Å²) in [6.07, 6.45) is 0.687. The van der Waals surface area contributed by atoms with E-state index in [1.165, 1.54) is 12.1 Å². The summed E-state index contributed by atoms with van der Waals surface area (Å²) in [5.41, 5.74) is 0.795. The van der Waals surface area contributed by atoms with Gasteiger partial charge in [0.2, 0.25) is 10.0 Å². The van der Waals surface area contributed by atoms with Gasteiger partial charge in [-0.3, -0.25) is 9.59 Å². The topological polar surface area (TPSA) is 94.3 Å². The SMILES string of the molecule is NS(=O)(=O)c1ccc(C2CC(=O)CC(=O)C2)cc1. The lowest BCUT2D eigenvalue weighted by Gasteiger charge is -2.20. The van der Waals surface area contributed by atoms with Gasteiger partial charge >= 0.3 is 0 Å². The molecular formula is C12H13NO4S. The Hall–Kier alpha value is -1.53. The number of sulfonamides is 1. The molecule has 0 unspecified atom stereocenters. The molecule has 1 fully saturated rings. The lowest BCUT2D eigenvalue weighted by atomic mass is 9.83. The van der Waals surface area contributed by atoms with Crippen LogP contribution in [0.25, 0.3) is 0 Å². The molecule has 1 saturated carbocycles. The molecule has 0 radical (unpaired) electrons. The number of carbonyl (C=O) groups is 2. The van der Waals surface area contributed by atoms with Crippen LogP contribution in [-0.2, 0) is 19.6 Å². The number of carbonyl (C=O) groups excluding carboxylic acids is 2. The van der Waals surface area contributed by atoms with E-state index in [4.69, 9.17) is 5.14 Å². The van der Waals surface area contributed by atoms with Crippen LogP contribution in [0, 0.1) is 0 Å². The highest BCUT2D eigenvalue weighted by molar-refractivity contribution is 7.89. The van der Waals surface area contributed by atoms with Crippen molar-refractivity contribution in [2.24, 2.45) is 5.14 Å². The average molecular weight is 267 g/mol. The van der Waals surface area contributed by atoms with Crippen molar-refractivity contribution in [2.75, 3.05) is 0 Å². The van der Waals surface area contributed by atoms with Crippen molar-refractivity contribution < 1.29 is 18.0 Å². The fourth-order valence-electron chi connectivity index (χ4n) is 2.15. The lowest BCUT2D eigenvalue weighted by Crippen LogP contribution is -2.21. The molecule has 1 aliphatic rings. The Kier molecular flexibility index (Phi) is 3.32. The standard InChI is InChI=1S/C12H13NO4S/c13-18(16,17)12-3-1-8(2-4-12)9-5-10(14)7-11(15)6-9/h1-4,9H,5-7H2,(H2,13,16,17). The summed E-state index contributed by atoms with van der Waals surface area (Å²) in [6, 6.07) is 6.01. The van der Waals surface area contributed by atoms with E-state index in [1.807, 2.05) is 0 Å². The maximum absolute atomic E-state index is 11.3. The lowest BCUT2D eigenvalue weighted by molar-refractivity contribution is -0.130. The normalized spacial score (nSPS) is 18.1. The van der Waals surface area contributed by atoms with Gasteiger partial charge in [-0.25, -0.2) is 13.6 Å². The number of primary sulfonamides is 1. The third kappa shape index (κ3) is 2.83. The van der Waals surface area contributed by atoms with Crippen molar-refractivity contribution in [3.05, 3.63) is 29.8 Å². The highest BCUT2D eigenvalue weighted by atomic mass is 32.2. The van der Waals surface area contributed by atoms with E-state index in [0.717, 1.165) is 5.56 Å². The van der Waals surface area contributed by atoms with Crippen molar-refractivity contribution in [2.45, 2.75) is 30.1 Å². The van der Waals surface area contributed by atoms with Gasteiger partial charge in [0.15, 0.2) is 0 Å². The van der Waals surface area contributed by atoms with Gasteiger partial charge in [-0.05, 0) is 23.6 Å². The monoisotopic (exact) mass is 267 g/mol. The van der Waals surface area contributed by atoms with E-state index in [9.17, 15) is 18.0 Å². The van der Waals surface area contributed by atoms with Gasteiger partial charge < -0.3 is 0 Å². The minimum absolute atomic E-state index is 0.0196. The van der Waals surface area contributed by atoms with Crippen LogP contribution in [0.4, 0.5) is 0 Å². The molecule has 0 aliphatic heterocycles. The van der Waals surface area contributed by atoms with Gasteiger partial charge in [-0.2, -0.15) is 0 Å². The number of nitrogens with two attached hydrogens (primary N) is 1. The van der Waals surface area contributed by atoms with Gasteiger partial charge in [-0.15, -0.1) is 0 Å². The summed E-state index contributed by atoms with van der Waals surface area (Å²) < 4.78 is 22.2. The molecule has 6 heteroatoms. The zero-order chi connectivity index (χ0) is 13.3. The largest absolute Gasteiger partial charge is 0.299 e. The van der Waals surface area contributed by atoms with E-state index in [1.54, 1.807) is 12.1 Å². The maximum atomic E-state index is 11.3. The fourth-order valence-corrected chi connectivity index (χ4v) is 2.67. The molecule has 0 aromatic heterocycles. The minimum Gasteiger partial charge on any atom is -0.299 e. The molecule has 0 heterocycles. The summed E-state index contributed by atoms with van der Waals surface area (Å²) in [4.78, 5) is 22.7. The second-order valence-corrected chi connectivity index (χ2v) is 6.03. The quantitative estimate of drug-likeness (QED) is 0.799. The molecular weight excluding hydrogens is 254 g/mol. The summed E-state index contributed by atoms with van der Waals surface area (Å²) in [5, 5.41) is 4.99. The van der Waals surface area contributed by atoms with Crippen LogP contribution in [0.2, 0.25) is 0 Å². The number of hydrogen-bond donors (Lipinski definition) is 1. The van der Waals surface area contributed by atoms with E-state index in [2.05, 4.69) is 0 Å². The van der Waals surface area contributed by atoms with Gasteiger partial charge in [0, 0.05) is 12.8 Å². The van der Waals surface area contributed by atoms with Crippen LogP contribution in [0.3, 0.4) is 0 Å². The van der Waals surface area contributed by atoms with Crippen LogP contribution in [0.1, 0.15) is 30.7 Å². The van der Waals surface area contributed by atoms with Crippen LogP contribution < -0.4 is 5.14 Å². The first-order valence-corrected chi connectivity index (χ1v) is 7.07. The number of Topliss-reactive ketones (excluding diaryl/α,β-unsaturated/α-hetero) is 2. The smallest absolute Gasteiger partial charge is 0.238 e. The van der Waals surface area contributed by atoms with Gasteiger partial charge in [-0.1, -0.05) is 12.1 Å². The predicted molar refractivity (Wildman–Crippen MR) is 64.4 cm³/mol. The zero-order valence-corrected chi connectivity index (χ0v) is 10.4. The molecule has 1 aromatic carbocycles. The van der Waals surface area contributed by atoms with Crippen molar-refractivity contribution in [3.63, 3.8) is 0 Å². The Morgan fingerprint density at radius 3 is 1.94 bits per heavy atom. The first-order valence-electron chi connectivity index (χ1n) is 5.52. The molecule has 1 aromatic rings.